The number of benzene rings is 2. The average Bonchev–Trinajstić information content (AvgIpc) is 3.75. The van der Waals surface area contributed by atoms with E-state index in [-0.39, 0.29) is 19.6 Å². The van der Waals surface area contributed by atoms with Crippen molar-refractivity contribution < 1.29 is 14.3 Å². The number of aliphatic hydroxyl groups excluding tert-OH is 1. The molecule has 1 amide bonds. The number of β-amino-alcohol motifs (C(OH)–C–C–N with tert-alkyl or cyclic N) is 1. The van der Waals surface area contributed by atoms with E-state index in [9.17, 15) is 9.18 Å². The van der Waals surface area contributed by atoms with Crippen LogP contribution in [0, 0.1) is 0 Å². The van der Waals surface area contributed by atoms with Crippen LogP contribution in [0.1, 0.15) is 28.9 Å². The number of fused-ring (bicyclic) bond motifs is 2. The summed E-state index contributed by atoms with van der Waals surface area (Å²) in [6, 6.07) is 9.06. The Labute approximate surface area is 254 Å². The largest absolute Gasteiger partial charge is 0.395 e. The van der Waals surface area contributed by atoms with Crippen LogP contribution in [0.4, 0.5) is 9.52 Å². The minimum atomic E-state index is -1.04. The molecule has 2 aliphatic heterocycles. The quantitative estimate of drug-likeness (QED) is 0.246. The molecule has 216 valence electrons. The molecule has 2 aliphatic rings. The van der Waals surface area contributed by atoms with Crippen molar-refractivity contribution in [1.82, 2.24) is 29.2 Å². The van der Waals surface area contributed by atoms with Gasteiger partial charge in [-0.25, -0.2) is 14.4 Å². The van der Waals surface area contributed by atoms with Crippen LogP contribution < -0.4 is 5.32 Å². The number of amides is 1. The number of hydrogen-bond donors (Lipinski definition) is 2. The van der Waals surface area contributed by atoms with Gasteiger partial charge in [0.25, 0.3) is 5.91 Å². The summed E-state index contributed by atoms with van der Waals surface area (Å²) in [7, 11) is 0. The van der Waals surface area contributed by atoms with Crippen LogP contribution in [0.3, 0.4) is 0 Å². The number of alkyl halides is 1. The van der Waals surface area contributed by atoms with Crippen molar-refractivity contribution in [1.29, 1.82) is 0 Å². The van der Waals surface area contributed by atoms with Crippen LogP contribution in [-0.2, 0) is 17.8 Å². The van der Waals surface area contributed by atoms with E-state index in [1.807, 2.05) is 18.2 Å². The molecule has 0 aliphatic carbocycles. The second kappa shape index (κ2) is 11.1. The van der Waals surface area contributed by atoms with Crippen molar-refractivity contribution in [3.05, 3.63) is 81.4 Å². The van der Waals surface area contributed by atoms with Gasteiger partial charge in [-0.05, 0) is 17.2 Å². The smallest absolute Gasteiger partial charge is 0.257 e. The first kappa shape index (κ1) is 27.5. The van der Waals surface area contributed by atoms with Crippen LogP contribution >= 0.6 is 34.5 Å². The molecular formula is C29H26Cl2FN7O2S. The highest BCUT2D eigenvalue weighted by Crippen LogP contribution is 2.40. The minimum absolute atomic E-state index is 0.166. The highest BCUT2D eigenvalue weighted by Gasteiger charge is 2.35. The number of halogens is 3. The Balaban J connectivity index is 1.24. The number of anilines is 1. The van der Waals surface area contributed by atoms with Gasteiger partial charge in [-0.15, -0.1) is 11.3 Å². The molecule has 1 fully saturated rings. The van der Waals surface area contributed by atoms with E-state index >= 15 is 0 Å². The standard InChI is InChI=1S/C29H26Cl2FN7O2S/c30-22-10-20(17-3-1-16(2-4-17)18-11-37(12-18)6-7-40)24(31)25-21(22)14-39(36-25)27(28(41)35-29-33-5-8-42-29)26-23-9-19(32)13-38(23)15-34-26/h1-5,8,10,14-15,18-19,27,40H,6-7,9,11-13H2,(H,33,35,41). The molecule has 2 N–H and O–H groups in total. The van der Waals surface area contributed by atoms with E-state index in [2.05, 4.69) is 32.3 Å². The van der Waals surface area contributed by atoms with Crippen LogP contribution in [0.15, 0.2) is 54.4 Å². The number of aliphatic hydroxyl groups is 1. The number of nitrogens with one attached hydrogen (secondary N) is 1. The maximum atomic E-state index is 14.3. The SMILES string of the molecule is O=C(Nc1nccs1)C(c1ncn2c1CC(F)C2)n1cc2c(Cl)cc(-c3ccc(C4CN(CCO)C4)cc3)c(Cl)c2n1. The highest BCUT2D eigenvalue weighted by molar-refractivity contribution is 7.13. The molecule has 2 aromatic carbocycles. The Morgan fingerprint density at radius 2 is 2.00 bits per heavy atom. The van der Waals surface area contributed by atoms with Gasteiger partial charge in [0.2, 0.25) is 0 Å². The Bertz CT molecular complexity index is 1770. The van der Waals surface area contributed by atoms with Gasteiger partial charge < -0.3 is 9.67 Å². The summed E-state index contributed by atoms with van der Waals surface area (Å²) in [5.41, 5.74) is 4.39. The summed E-state index contributed by atoms with van der Waals surface area (Å²) >= 11 is 15.0. The number of carbonyl (C=O) groups is 1. The van der Waals surface area contributed by atoms with Gasteiger partial charge in [0.1, 0.15) is 11.7 Å². The van der Waals surface area contributed by atoms with Gasteiger partial charge in [0, 0.05) is 66.4 Å². The molecule has 5 heterocycles. The number of thiazole rings is 1. The third kappa shape index (κ3) is 4.88. The van der Waals surface area contributed by atoms with Gasteiger partial charge in [0.15, 0.2) is 11.2 Å². The zero-order chi connectivity index (χ0) is 29.0. The molecule has 3 aromatic heterocycles. The topological polar surface area (TPSA) is 101 Å². The Morgan fingerprint density at radius 1 is 1.19 bits per heavy atom. The molecule has 0 spiro atoms. The molecule has 13 heteroatoms. The number of rotatable bonds is 8. The average molecular weight is 627 g/mol. The highest BCUT2D eigenvalue weighted by atomic mass is 35.5. The van der Waals surface area contributed by atoms with Gasteiger partial charge in [-0.1, -0.05) is 47.5 Å². The molecule has 2 unspecified atom stereocenters. The van der Waals surface area contributed by atoms with Crippen molar-refractivity contribution >= 4 is 56.5 Å². The van der Waals surface area contributed by atoms with Crippen LogP contribution in [0.2, 0.25) is 10.0 Å². The van der Waals surface area contributed by atoms with Crippen molar-refractivity contribution in [2.45, 2.75) is 31.1 Å². The molecule has 7 rings (SSSR count). The van der Waals surface area contributed by atoms with Gasteiger partial charge in [-0.2, -0.15) is 5.10 Å². The fraction of sp³-hybridized carbons (Fsp3) is 0.310. The molecule has 9 nitrogen and oxygen atoms in total. The van der Waals surface area contributed by atoms with E-state index in [0.717, 1.165) is 24.2 Å². The predicted octanol–water partition coefficient (Wildman–Crippen LogP) is 5.18. The van der Waals surface area contributed by atoms with Crippen molar-refractivity contribution in [2.75, 3.05) is 31.6 Å². The maximum absolute atomic E-state index is 14.3. The molecule has 0 radical (unpaired) electrons. The van der Waals surface area contributed by atoms with Crippen LogP contribution in [-0.4, -0.2) is 72.6 Å². The predicted molar refractivity (Wildman–Crippen MR) is 161 cm³/mol. The van der Waals surface area contributed by atoms with Gasteiger partial charge in [-0.3, -0.25) is 19.7 Å². The normalized spacial score (nSPS) is 17.9. The fourth-order valence-corrected chi connectivity index (χ4v) is 6.94. The number of imidazole rings is 1. The Morgan fingerprint density at radius 3 is 2.74 bits per heavy atom. The zero-order valence-electron chi connectivity index (χ0n) is 22.3. The third-order valence-electron chi connectivity index (χ3n) is 7.99. The maximum Gasteiger partial charge on any atom is 0.257 e. The van der Waals surface area contributed by atoms with E-state index in [0.29, 0.717) is 49.9 Å². The van der Waals surface area contributed by atoms with E-state index in [4.69, 9.17) is 33.4 Å². The van der Waals surface area contributed by atoms with E-state index in [1.165, 1.54) is 21.6 Å². The summed E-state index contributed by atoms with van der Waals surface area (Å²) < 4.78 is 17.5. The van der Waals surface area contributed by atoms with Crippen molar-refractivity contribution in [3.8, 4) is 11.1 Å². The van der Waals surface area contributed by atoms with E-state index < -0.39 is 18.1 Å². The molecule has 1 saturated heterocycles. The van der Waals surface area contributed by atoms with Crippen molar-refractivity contribution in [3.63, 3.8) is 0 Å². The van der Waals surface area contributed by atoms with Crippen LogP contribution in [0.5, 0.6) is 0 Å². The summed E-state index contributed by atoms with van der Waals surface area (Å²) in [6.45, 7) is 2.93. The lowest BCUT2D eigenvalue weighted by molar-refractivity contribution is -0.118. The number of carbonyl (C=O) groups excluding carboxylic acids is 1. The first-order valence-corrected chi connectivity index (χ1v) is 15.2. The number of likely N-dealkylation sites (tertiary alicyclic amines) is 1. The zero-order valence-corrected chi connectivity index (χ0v) is 24.6. The summed E-state index contributed by atoms with van der Waals surface area (Å²) in [5, 5.41) is 20.4. The van der Waals surface area contributed by atoms with E-state index in [1.54, 1.807) is 28.7 Å². The summed E-state index contributed by atoms with van der Waals surface area (Å²) in [4.78, 5) is 24.6. The second-order valence-corrected chi connectivity index (χ2v) is 12.3. The van der Waals surface area contributed by atoms with Crippen molar-refractivity contribution in [2.24, 2.45) is 0 Å². The fourth-order valence-electron chi connectivity index (χ4n) is 5.85. The second-order valence-electron chi connectivity index (χ2n) is 10.7. The lowest BCUT2D eigenvalue weighted by Gasteiger charge is -2.39. The molecule has 5 aromatic rings. The minimum Gasteiger partial charge on any atom is -0.395 e. The molecule has 0 bridgehead atoms. The van der Waals surface area contributed by atoms with Gasteiger partial charge in [0.05, 0.1) is 35.2 Å². The lowest BCUT2D eigenvalue weighted by Crippen LogP contribution is -2.46. The third-order valence-corrected chi connectivity index (χ3v) is 9.38. The first-order valence-electron chi connectivity index (χ1n) is 13.6. The molecular weight excluding hydrogens is 600 g/mol. The Hall–Kier alpha value is -3.35. The molecule has 42 heavy (non-hydrogen) atoms. The summed E-state index contributed by atoms with van der Waals surface area (Å²) in [5.74, 6) is 0.0329. The number of nitrogens with zero attached hydrogens (tertiary/aromatic N) is 6. The Kier molecular flexibility index (Phi) is 7.23. The molecule has 2 atom stereocenters. The lowest BCUT2D eigenvalue weighted by atomic mass is 9.90. The molecule has 0 saturated carbocycles. The summed E-state index contributed by atoms with van der Waals surface area (Å²) in [6.07, 6.45) is 3.98. The van der Waals surface area contributed by atoms with Gasteiger partial charge >= 0.3 is 0 Å². The van der Waals surface area contributed by atoms with Crippen LogP contribution in [0.25, 0.3) is 22.0 Å². The number of hydrogen-bond acceptors (Lipinski definition) is 7. The first-order chi connectivity index (χ1) is 20.4. The number of aromatic nitrogens is 5. The monoisotopic (exact) mass is 625 g/mol.